The molecule has 7 heteroatoms. The average Bonchev–Trinajstić information content (AvgIpc) is 2.99. The Morgan fingerprint density at radius 3 is 2.79 bits per heavy atom. The molecule has 2 rings (SSSR count). The summed E-state index contributed by atoms with van der Waals surface area (Å²) >= 11 is 1.14. The standard InChI is InChI=1S/C12H12N2O4S/c1-12(2,11(16)17)14-9(15)8-6-13-10(19-8)7-4-3-5-18-7/h3-6H,1-2H3,(H,14,15)(H,16,17). The van der Waals surface area contributed by atoms with Gasteiger partial charge in [0.2, 0.25) is 0 Å². The van der Waals surface area contributed by atoms with E-state index < -0.39 is 17.4 Å². The molecule has 100 valence electrons. The fraction of sp³-hybridized carbons (Fsp3) is 0.250. The van der Waals surface area contributed by atoms with Gasteiger partial charge in [-0.1, -0.05) is 0 Å². The van der Waals surface area contributed by atoms with Crippen molar-refractivity contribution in [1.82, 2.24) is 10.3 Å². The van der Waals surface area contributed by atoms with Crippen LogP contribution in [0.15, 0.2) is 29.0 Å². The highest BCUT2D eigenvalue weighted by Gasteiger charge is 2.30. The zero-order valence-corrected chi connectivity index (χ0v) is 11.2. The zero-order valence-electron chi connectivity index (χ0n) is 10.3. The third kappa shape index (κ3) is 2.82. The highest BCUT2D eigenvalue weighted by atomic mass is 32.1. The van der Waals surface area contributed by atoms with E-state index in [0.29, 0.717) is 15.6 Å². The molecule has 0 atom stereocenters. The summed E-state index contributed by atoms with van der Waals surface area (Å²) in [6, 6.07) is 3.46. The Morgan fingerprint density at radius 2 is 2.21 bits per heavy atom. The van der Waals surface area contributed by atoms with Crippen LogP contribution in [-0.2, 0) is 4.79 Å². The number of nitrogens with one attached hydrogen (secondary N) is 1. The number of furan rings is 1. The molecule has 2 aromatic heterocycles. The molecule has 2 aromatic rings. The molecule has 2 heterocycles. The maximum absolute atomic E-state index is 11.9. The average molecular weight is 280 g/mol. The third-order valence-electron chi connectivity index (χ3n) is 2.42. The van der Waals surface area contributed by atoms with Crippen molar-refractivity contribution in [2.24, 2.45) is 0 Å². The number of nitrogens with zero attached hydrogens (tertiary/aromatic N) is 1. The molecule has 6 nitrogen and oxygen atoms in total. The molecule has 0 fully saturated rings. The molecule has 0 saturated carbocycles. The first-order valence-electron chi connectivity index (χ1n) is 5.46. The number of hydrogen-bond acceptors (Lipinski definition) is 5. The second kappa shape index (κ2) is 4.85. The summed E-state index contributed by atoms with van der Waals surface area (Å²) in [6.45, 7) is 2.84. The Bertz CT molecular complexity index is 601. The van der Waals surface area contributed by atoms with Gasteiger partial charge in [0.05, 0.1) is 12.5 Å². The van der Waals surface area contributed by atoms with Crippen molar-refractivity contribution in [3.05, 3.63) is 29.5 Å². The van der Waals surface area contributed by atoms with Gasteiger partial charge in [-0.3, -0.25) is 4.79 Å². The van der Waals surface area contributed by atoms with E-state index in [1.165, 1.54) is 26.3 Å². The monoisotopic (exact) mass is 280 g/mol. The fourth-order valence-corrected chi connectivity index (χ4v) is 2.07. The van der Waals surface area contributed by atoms with Crippen molar-refractivity contribution in [2.45, 2.75) is 19.4 Å². The molecule has 0 aliphatic rings. The predicted molar refractivity (Wildman–Crippen MR) is 69.0 cm³/mol. The van der Waals surface area contributed by atoms with E-state index in [-0.39, 0.29) is 0 Å². The van der Waals surface area contributed by atoms with Crippen molar-refractivity contribution in [2.75, 3.05) is 0 Å². The summed E-state index contributed by atoms with van der Waals surface area (Å²) in [4.78, 5) is 27.3. The predicted octanol–water partition coefficient (Wildman–Crippen LogP) is 2.00. The largest absolute Gasteiger partial charge is 0.480 e. The molecule has 0 spiro atoms. The van der Waals surface area contributed by atoms with Gasteiger partial charge in [0.15, 0.2) is 10.8 Å². The summed E-state index contributed by atoms with van der Waals surface area (Å²) in [7, 11) is 0. The second-order valence-corrected chi connectivity index (χ2v) is 5.42. The number of aromatic nitrogens is 1. The van der Waals surface area contributed by atoms with Crippen LogP contribution >= 0.6 is 11.3 Å². The first-order valence-corrected chi connectivity index (χ1v) is 6.27. The van der Waals surface area contributed by atoms with Crippen molar-refractivity contribution in [1.29, 1.82) is 0 Å². The van der Waals surface area contributed by atoms with Crippen molar-refractivity contribution in [3.63, 3.8) is 0 Å². The van der Waals surface area contributed by atoms with Crippen molar-refractivity contribution >= 4 is 23.2 Å². The highest BCUT2D eigenvalue weighted by Crippen LogP contribution is 2.25. The molecular formula is C12H12N2O4S. The number of aliphatic carboxylic acids is 1. The number of rotatable bonds is 4. The Labute approximate surface area is 113 Å². The summed E-state index contributed by atoms with van der Waals surface area (Å²) in [6.07, 6.45) is 2.92. The van der Waals surface area contributed by atoms with Gasteiger partial charge < -0.3 is 14.8 Å². The number of amides is 1. The zero-order chi connectivity index (χ0) is 14.0. The van der Waals surface area contributed by atoms with E-state index in [4.69, 9.17) is 9.52 Å². The lowest BCUT2D eigenvalue weighted by atomic mass is 10.1. The van der Waals surface area contributed by atoms with Crippen molar-refractivity contribution < 1.29 is 19.1 Å². The smallest absolute Gasteiger partial charge is 0.328 e. The van der Waals surface area contributed by atoms with Gasteiger partial charge in [-0.25, -0.2) is 9.78 Å². The molecule has 0 radical (unpaired) electrons. The number of carbonyl (C=O) groups excluding carboxylic acids is 1. The van der Waals surface area contributed by atoms with Crippen LogP contribution in [0.5, 0.6) is 0 Å². The Kier molecular flexibility index (Phi) is 3.39. The molecule has 0 aromatic carbocycles. The summed E-state index contributed by atoms with van der Waals surface area (Å²) in [5.41, 5.74) is -1.33. The number of carbonyl (C=O) groups is 2. The molecule has 0 saturated heterocycles. The molecule has 2 N–H and O–H groups in total. The minimum absolute atomic E-state index is 0.334. The molecule has 0 aliphatic carbocycles. The normalized spacial score (nSPS) is 11.3. The number of carboxylic acids is 1. The van der Waals surface area contributed by atoms with E-state index in [9.17, 15) is 9.59 Å². The van der Waals surface area contributed by atoms with Crippen LogP contribution in [-0.4, -0.2) is 27.5 Å². The van der Waals surface area contributed by atoms with E-state index >= 15 is 0 Å². The summed E-state index contributed by atoms with van der Waals surface area (Å²) in [5, 5.41) is 12.0. The maximum atomic E-state index is 11.9. The van der Waals surface area contributed by atoms with Gasteiger partial charge in [0.25, 0.3) is 5.91 Å². The maximum Gasteiger partial charge on any atom is 0.328 e. The molecule has 1 amide bonds. The minimum atomic E-state index is -1.33. The molecule has 0 bridgehead atoms. The van der Waals surface area contributed by atoms with Crippen LogP contribution < -0.4 is 5.32 Å². The van der Waals surface area contributed by atoms with E-state index in [0.717, 1.165) is 11.3 Å². The lowest BCUT2D eigenvalue weighted by Crippen LogP contribution is -2.49. The van der Waals surface area contributed by atoms with E-state index in [2.05, 4.69) is 10.3 Å². The first-order chi connectivity index (χ1) is 8.90. The van der Waals surface area contributed by atoms with Gasteiger partial charge in [-0.05, 0) is 26.0 Å². The van der Waals surface area contributed by atoms with Crippen LogP contribution in [0, 0.1) is 0 Å². The SMILES string of the molecule is CC(C)(NC(=O)c1cnc(-c2ccco2)s1)C(=O)O. The number of hydrogen-bond donors (Lipinski definition) is 2. The molecule has 19 heavy (non-hydrogen) atoms. The number of thiazole rings is 1. The number of carboxylic acid groups (broad SMARTS) is 1. The fourth-order valence-electron chi connectivity index (χ4n) is 1.29. The third-order valence-corrected chi connectivity index (χ3v) is 3.43. The van der Waals surface area contributed by atoms with Crippen LogP contribution in [0.25, 0.3) is 10.8 Å². The van der Waals surface area contributed by atoms with Gasteiger partial charge in [0.1, 0.15) is 10.4 Å². The van der Waals surface area contributed by atoms with E-state index in [1.807, 2.05) is 0 Å². The lowest BCUT2D eigenvalue weighted by molar-refractivity contribution is -0.143. The quantitative estimate of drug-likeness (QED) is 0.893. The minimum Gasteiger partial charge on any atom is -0.480 e. The van der Waals surface area contributed by atoms with Gasteiger partial charge in [-0.2, -0.15) is 0 Å². The Morgan fingerprint density at radius 1 is 1.47 bits per heavy atom. The topological polar surface area (TPSA) is 92.4 Å². The van der Waals surface area contributed by atoms with E-state index in [1.54, 1.807) is 12.1 Å². The molecule has 0 aliphatic heterocycles. The van der Waals surface area contributed by atoms with Crippen LogP contribution in [0.1, 0.15) is 23.5 Å². The summed E-state index contributed by atoms with van der Waals surface area (Å²) < 4.78 is 5.17. The Hall–Kier alpha value is -2.15. The second-order valence-electron chi connectivity index (χ2n) is 4.39. The summed E-state index contributed by atoms with van der Waals surface area (Å²) in [5.74, 6) is -0.999. The Balaban J connectivity index is 2.15. The van der Waals surface area contributed by atoms with Crippen molar-refractivity contribution in [3.8, 4) is 10.8 Å². The lowest BCUT2D eigenvalue weighted by Gasteiger charge is -2.20. The van der Waals surface area contributed by atoms with Gasteiger partial charge in [-0.15, -0.1) is 11.3 Å². The first kappa shape index (κ1) is 13.3. The van der Waals surface area contributed by atoms with Gasteiger partial charge >= 0.3 is 5.97 Å². The molecular weight excluding hydrogens is 268 g/mol. The molecule has 0 unspecified atom stereocenters. The van der Waals surface area contributed by atoms with Crippen LogP contribution in [0.4, 0.5) is 0 Å². The van der Waals surface area contributed by atoms with Crippen LogP contribution in [0.2, 0.25) is 0 Å². The highest BCUT2D eigenvalue weighted by molar-refractivity contribution is 7.16. The van der Waals surface area contributed by atoms with Crippen LogP contribution in [0.3, 0.4) is 0 Å². The van der Waals surface area contributed by atoms with Gasteiger partial charge in [0, 0.05) is 0 Å².